The number of anilines is 1. The van der Waals surface area contributed by atoms with E-state index in [-0.39, 0.29) is 23.2 Å². The van der Waals surface area contributed by atoms with Gasteiger partial charge in [0.05, 0.1) is 19.3 Å². The number of benzene rings is 2. The molecular weight excluding hydrogens is 326 g/mol. The lowest BCUT2D eigenvalue weighted by Gasteiger charge is -2.48. The number of carbonyl (C=O) groups excluding carboxylic acids is 1. The minimum absolute atomic E-state index is 0.0947. The summed E-state index contributed by atoms with van der Waals surface area (Å²) in [6.07, 6.45) is 0. The number of hydrogen-bond donors (Lipinski definition) is 1. The molecule has 0 aliphatic carbocycles. The Morgan fingerprint density at radius 2 is 2.12 bits per heavy atom. The summed E-state index contributed by atoms with van der Waals surface area (Å²) in [4.78, 5) is 11.8. The Bertz CT molecular complexity index is 872. The van der Waals surface area contributed by atoms with E-state index in [0.717, 1.165) is 28.3 Å². The van der Waals surface area contributed by atoms with Crippen LogP contribution in [0.25, 0.3) is 0 Å². The highest BCUT2D eigenvalue weighted by Crippen LogP contribution is 2.53. The van der Waals surface area contributed by atoms with Gasteiger partial charge in [0.15, 0.2) is 17.3 Å². The quantitative estimate of drug-likeness (QED) is 0.811. The summed E-state index contributed by atoms with van der Waals surface area (Å²) in [6.45, 7) is 9.32. The summed E-state index contributed by atoms with van der Waals surface area (Å²) < 4.78 is 11.9. The molecule has 2 aliphatic rings. The third-order valence-electron chi connectivity index (χ3n) is 5.81. The van der Waals surface area contributed by atoms with Crippen LogP contribution in [-0.4, -0.2) is 19.0 Å². The number of ketones is 1. The molecule has 0 aromatic heterocycles. The number of nitrogens with one attached hydrogen (secondary N) is 1. The van der Waals surface area contributed by atoms with E-state index in [4.69, 9.17) is 9.47 Å². The molecule has 1 N–H and O–H groups in total. The summed E-state index contributed by atoms with van der Waals surface area (Å²) in [5.41, 5.74) is 4.06. The SMILES string of the molecule is CCOc1cccc2c1OCC1C2Nc2ccc(C(C)=O)cc2C1(C)C. The molecule has 4 rings (SSSR count). The van der Waals surface area contributed by atoms with Crippen molar-refractivity contribution in [3.63, 3.8) is 0 Å². The molecule has 2 aromatic carbocycles. The molecule has 0 radical (unpaired) electrons. The van der Waals surface area contributed by atoms with Crippen molar-refractivity contribution in [1.82, 2.24) is 0 Å². The Morgan fingerprint density at radius 1 is 1.31 bits per heavy atom. The molecule has 2 aliphatic heterocycles. The predicted octanol–water partition coefficient (Wildman–Crippen LogP) is 4.74. The molecule has 4 heteroatoms. The van der Waals surface area contributed by atoms with E-state index in [0.29, 0.717) is 13.2 Å². The summed E-state index contributed by atoms with van der Waals surface area (Å²) in [5, 5.41) is 3.70. The topological polar surface area (TPSA) is 47.6 Å². The van der Waals surface area contributed by atoms with Crippen molar-refractivity contribution in [2.24, 2.45) is 5.92 Å². The fourth-order valence-corrected chi connectivity index (χ4v) is 4.28. The lowest BCUT2D eigenvalue weighted by Crippen LogP contribution is -2.46. The molecule has 0 bridgehead atoms. The second-order valence-corrected chi connectivity index (χ2v) is 7.69. The molecule has 2 aromatic rings. The van der Waals surface area contributed by atoms with Gasteiger partial charge in [-0.2, -0.15) is 0 Å². The van der Waals surface area contributed by atoms with Crippen molar-refractivity contribution in [3.05, 3.63) is 53.1 Å². The molecule has 26 heavy (non-hydrogen) atoms. The van der Waals surface area contributed by atoms with Gasteiger partial charge in [-0.05, 0) is 43.7 Å². The van der Waals surface area contributed by atoms with Gasteiger partial charge in [-0.1, -0.05) is 26.0 Å². The Balaban J connectivity index is 1.81. The maximum absolute atomic E-state index is 11.8. The van der Waals surface area contributed by atoms with Crippen LogP contribution in [0, 0.1) is 5.92 Å². The molecule has 0 fully saturated rings. The number of rotatable bonds is 3. The molecular formula is C22H25NO3. The van der Waals surface area contributed by atoms with Gasteiger partial charge in [-0.25, -0.2) is 0 Å². The second kappa shape index (κ2) is 6.04. The highest BCUT2D eigenvalue weighted by molar-refractivity contribution is 5.95. The lowest BCUT2D eigenvalue weighted by molar-refractivity contribution is 0.101. The lowest BCUT2D eigenvalue weighted by atomic mass is 9.65. The predicted molar refractivity (Wildman–Crippen MR) is 102 cm³/mol. The maximum atomic E-state index is 11.8. The largest absolute Gasteiger partial charge is 0.490 e. The Labute approximate surface area is 154 Å². The molecule has 0 saturated heterocycles. The molecule has 2 heterocycles. The summed E-state index contributed by atoms with van der Waals surface area (Å²) in [7, 11) is 0. The van der Waals surface area contributed by atoms with E-state index in [2.05, 4.69) is 25.2 Å². The van der Waals surface area contributed by atoms with E-state index in [1.54, 1.807) is 6.92 Å². The molecule has 4 nitrogen and oxygen atoms in total. The number of para-hydroxylation sites is 1. The van der Waals surface area contributed by atoms with E-state index in [1.807, 2.05) is 37.3 Å². The monoisotopic (exact) mass is 351 g/mol. The summed E-state index contributed by atoms with van der Waals surface area (Å²) in [6, 6.07) is 12.2. The summed E-state index contributed by atoms with van der Waals surface area (Å²) in [5.74, 6) is 2.02. The van der Waals surface area contributed by atoms with Crippen molar-refractivity contribution < 1.29 is 14.3 Å². The van der Waals surface area contributed by atoms with E-state index in [9.17, 15) is 4.79 Å². The maximum Gasteiger partial charge on any atom is 0.166 e. The highest BCUT2D eigenvalue weighted by Gasteiger charge is 2.47. The third-order valence-corrected chi connectivity index (χ3v) is 5.81. The molecule has 0 spiro atoms. The van der Waals surface area contributed by atoms with Crippen LogP contribution in [-0.2, 0) is 5.41 Å². The first-order chi connectivity index (χ1) is 12.4. The van der Waals surface area contributed by atoms with Gasteiger partial charge in [-0.3, -0.25) is 4.79 Å². The molecule has 2 atom stereocenters. The first-order valence-electron chi connectivity index (χ1n) is 9.24. The Morgan fingerprint density at radius 3 is 2.85 bits per heavy atom. The summed E-state index contributed by atoms with van der Waals surface area (Å²) >= 11 is 0. The molecule has 136 valence electrons. The Kier molecular flexibility index (Phi) is 3.94. The zero-order chi connectivity index (χ0) is 18.5. The van der Waals surface area contributed by atoms with E-state index in [1.165, 1.54) is 5.56 Å². The van der Waals surface area contributed by atoms with Gasteiger partial charge in [0, 0.05) is 28.1 Å². The van der Waals surface area contributed by atoms with Crippen LogP contribution in [0.3, 0.4) is 0 Å². The van der Waals surface area contributed by atoms with Crippen LogP contribution < -0.4 is 14.8 Å². The van der Waals surface area contributed by atoms with Crippen molar-refractivity contribution in [2.45, 2.75) is 39.2 Å². The second-order valence-electron chi connectivity index (χ2n) is 7.69. The number of fused-ring (bicyclic) bond motifs is 4. The average Bonchev–Trinajstić information content (AvgIpc) is 2.62. The first kappa shape index (κ1) is 17.0. The van der Waals surface area contributed by atoms with Crippen molar-refractivity contribution in [3.8, 4) is 11.5 Å². The molecule has 2 unspecified atom stereocenters. The smallest absolute Gasteiger partial charge is 0.166 e. The number of carbonyl (C=O) groups is 1. The molecule has 0 saturated carbocycles. The third kappa shape index (κ3) is 2.47. The van der Waals surface area contributed by atoms with Crippen LogP contribution >= 0.6 is 0 Å². The minimum Gasteiger partial charge on any atom is -0.490 e. The highest BCUT2D eigenvalue weighted by atomic mass is 16.5. The normalized spacial score (nSPS) is 22.2. The Hall–Kier alpha value is -2.49. The fraction of sp³-hybridized carbons (Fsp3) is 0.409. The molecule has 0 amide bonds. The van der Waals surface area contributed by atoms with Gasteiger partial charge in [0.25, 0.3) is 0 Å². The average molecular weight is 351 g/mol. The minimum atomic E-state index is -0.115. The van der Waals surface area contributed by atoms with Crippen LogP contribution in [0.1, 0.15) is 55.2 Å². The van der Waals surface area contributed by atoms with Crippen molar-refractivity contribution in [1.29, 1.82) is 0 Å². The van der Waals surface area contributed by atoms with Gasteiger partial charge in [0.1, 0.15) is 0 Å². The van der Waals surface area contributed by atoms with Gasteiger partial charge in [0.2, 0.25) is 0 Å². The van der Waals surface area contributed by atoms with Crippen LogP contribution in [0.5, 0.6) is 11.5 Å². The van der Waals surface area contributed by atoms with Gasteiger partial charge in [-0.15, -0.1) is 0 Å². The van der Waals surface area contributed by atoms with E-state index >= 15 is 0 Å². The van der Waals surface area contributed by atoms with Crippen LogP contribution in [0.15, 0.2) is 36.4 Å². The van der Waals surface area contributed by atoms with Crippen LogP contribution in [0.4, 0.5) is 5.69 Å². The fourth-order valence-electron chi connectivity index (χ4n) is 4.28. The van der Waals surface area contributed by atoms with Gasteiger partial charge < -0.3 is 14.8 Å². The van der Waals surface area contributed by atoms with Crippen molar-refractivity contribution in [2.75, 3.05) is 18.5 Å². The number of Topliss-reactive ketones (excluding diaryl/α,β-unsaturated/α-hetero) is 1. The van der Waals surface area contributed by atoms with Gasteiger partial charge >= 0.3 is 0 Å². The standard InChI is InChI=1S/C22H25NO3/c1-5-25-19-8-6-7-15-20-17(12-26-21(15)19)22(3,4)16-11-14(13(2)24)9-10-18(16)23-20/h6-11,17,20,23H,5,12H2,1-4H3. The van der Waals surface area contributed by atoms with E-state index < -0.39 is 0 Å². The number of ether oxygens (including phenoxy) is 2. The van der Waals surface area contributed by atoms with Crippen molar-refractivity contribution >= 4 is 11.5 Å². The van der Waals surface area contributed by atoms with Crippen LogP contribution in [0.2, 0.25) is 0 Å². The number of hydrogen-bond acceptors (Lipinski definition) is 4. The zero-order valence-electron chi connectivity index (χ0n) is 15.8. The first-order valence-corrected chi connectivity index (χ1v) is 9.24. The zero-order valence-corrected chi connectivity index (χ0v) is 15.8.